The number of aliphatic hydroxyl groups is 1. The second-order valence-corrected chi connectivity index (χ2v) is 3.22. The molecule has 0 spiro atoms. The van der Waals surface area contributed by atoms with Gasteiger partial charge in [-0.3, -0.25) is 0 Å². The Bertz CT molecular complexity index is 303. The molecule has 0 atom stereocenters. The molecule has 2 N–H and O–H groups in total. The van der Waals surface area contributed by atoms with E-state index in [-0.39, 0.29) is 24.4 Å². The molecule has 0 aliphatic carbocycles. The molecule has 0 heterocycles. The number of esters is 1. The highest BCUT2D eigenvalue weighted by Gasteiger charge is 2.08. The van der Waals surface area contributed by atoms with Crippen molar-refractivity contribution in [2.75, 3.05) is 13.2 Å². The number of carboxylic acids is 1. The molecule has 0 amide bonds. The molecule has 0 aliphatic rings. The van der Waals surface area contributed by atoms with Crippen molar-refractivity contribution in [3.8, 4) is 0 Å². The minimum absolute atomic E-state index is 0.00361. The molecule has 0 aromatic heterocycles. The Morgan fingerprint density at radius 3 is 2.50 bits per heavy atom. The first kappa shape index (κ1) is 14.4. The van der Waals surface area contributed by atoms with Gasteiger partial charge in [-0.05, 0) is 25.8 Å². The molecule has 0 unspecified atom stereocenters. The fourth-order valence-electron chi connectivity index (χ4n) is 0.853. The molecule has 0 saturated heterocycles. The van der Waals surface area contributed by atoms with E-state index in [0.29, 0.717) is 12.8 Å². The molecule has 5 nitrogen and oxygen atoms in total. The van der Waals surface area contributed by atoms with Crippen LogP contribution < -0.4 is 0 Å². The summed E-state index contributed by atoms with van der Waals surface area (Å²) in [4.78, 5) is 21.7. The topological polar surface area (TPSA) is 83.8 Å². The van der Waals surface area contributed by atoms with Crippen LogP contribution in [-0.2, 0) is 14.3 Å². The van der Waals surface area contributed by atoms with Crippen LogP contribution in [0.4, 0.5) is 0 Å². The lowest BCUT2D eigenvalue weighted by atomic mass is 10.2. The summed E-state index contributed by atoms with van der Waals surface area (Å²) in [5.41, 5.74) is 0.0289. The first-order chi connectivity index (χ1) is 7.49. The van der Waals surface area contributed by atoms with Gasteiger partial charge < -0.3 is 14.9 Å². The maximum atomic E-state index is 11.2. The van der Waals surface area contributed by atoms with Crippen LogP contribution in [0.3, 0.4) is 0 Å². The maximum Gasteiger partial charge on any atom is 0.337 e. The Labute approximate surface area is 94.0 Å². The summed E-state index contributed by atoms with van der Waals surface area (Å²) in [6.07, 6.45) is 2.29. The van der Waals surface area contributed by atoms with E-state index in [9.17, 15) is 9.59 Å². The fraction of sp³-hybridized carbons (Fsp3) is 0.455. The third kappa shape index (κ3) is 5.98. The molecule has 16 heavy (non-hydrogen) atoms. The van der Waals surface area contributed by atoms with Crippen LogP contribution in [-0.4, -0.2) is 35.4 Å². The van der Waals surface area contributed by atoms with Gasteiger partial charge in [0.1, 0.15) is 0 Å². The molecule has 0 aliphatic heterocycles. The van der Waals surface area contributed by atoms with Gasteiger partial charge in [-0.1, -0.05) is 6.58 Å². The SMILES string of the molecule is C=C(C=C(C)C(=O)O)C(=O)OCCCCO. The van der Waals surface area contributed by atoms with E-state index in [4.69, 9.17) is 14.9 Å². The monoisotopic (exact) mass is 228 g/mol. The van der Waals surface area contributed by atoms with Gasteiger partial charge in [0.25, 0.3) is 0 Å². The molecule has 0 radical (unpaired) electrons. The van der Waals surface area contributed by atoms with Crippen molar-refractivity contribution in [1.29, 1.82) is 0 Å². The van der Waals surface area contributed by atoms with Crippen LogP contribution in [0.2, 0.25) is 0 Å². The standard InChI is InChI=1S/C11H16O5/c1-8(10(13)14)7-9(2)11(15)16-6-4-3-5-12/h7,12H,2-6H2,1H3,(H,13,14). The largest absolute Gasteiger partial charge is 0.478 e. The minimum Gasteiger partial charge on any atom is -0.478 e. The van der Waals surface area contributed by atoms with Crippen LogP contribution in [0.5, 0.6) is 0 Å². The lowest BCUT2D eigenvalue weighted by Crippen LogP contribution is -2.08. The molecular weight excluding hydrogens is 212 g/mol. The van der Waals surface area contributed by atoms with Crippen molar-refractivity contribution in [1.82, 2.24) is 0 Å². The summed E-state index contributed by atoms with van der Waals surface area (Å²) in [5, 5.41) is 17.1. The highest BCUT2D eigenvalue weighted by molar-refractivity contribution is 5.94. The van der Waals surface area contributed by atoms with Gasteiger partial charge in [0.15, 0.2) is 0 Å². The van der Waals surface area contributed by atoms with Gasteiger partial charge in [-0.25, -0.2) is 9.59 Å². The summed E-state index contributed by atoms with van der Waals surface area (Å²) in [6, 6.07) is 0. The van der Waals surface area contributed by atoms with Crippen LogP contribution in [0.15, 0.2) is 23.8 Å². The first-order valence-corrected chi connectivity index (χ1v) is 4.87. The van der Waals surface area contributed by atoms with Gasteiger partial charge in [0, 0.05) is 12.2 Å². The van der Waals surface area contributed by atoms with Crippen molar-refractivity contribution in [3.63, 3.8) is 0 Å². The van der Waals surface area contributed by atoms with Crippen molar-refractivity contribution in [2.45, 2.75) is 19.8 Å². The second-order valence-electron chi connectivity index (χ2n) is 3.22. The summed E-state index contributed by atoms with van der Waals surface area (Å²) < 4.78 is 4.80. The zero-order valence-electron chi connectivity index (χ0n) is 9.23. The zero-order valence-corrected chi connectivity index (χ0v) is 9.23. The van der Waals surface area contributed by atoms with Crippen LogP contribution in [0.1, 0.15) is 19.8 Å². The summed E-state index contributed by atoms with van der Waals surface area (Å²) in [5.74, 6) is -1.74. The molecule has 0 fully saturated rings. The number of hydrogen-bond donors (Lipinski definition) is 2. The Kier molecular flexibility index (Phi) is 6.87. The predicted molar refractivity (Wildman–Crippen MR) is 57.8 cm³/mol. The van der Waals surface area contributed by atoms with E-state index in [1.807, 2.05) is 0 Å². The number of ether oxygens (including phenoxy) is 1. The third-order valence-corrected chi connectivity index (χ3v) is 1.78. The Hall–Kier alpha value is -1.62. The van der Waals surface area contributed by atoms with E-state index < -0.39 is 11.9 Å². The van der Waals surface area contributed by atoms with Crippen LogP contribution in [0, 0.1) is 0 Å². The fourth-order valence-corrected chi connectivity index (χ4v) is 0.853. The van der Waals surface area contributed by atoms with E-state index in [1.54, 1.807) is 0 Å². The first-order valence-electron chi connectivity index (χ1n) is 4.87. The lowest BCUT2D eigenvalue weighted by molar-refractivity contribution is -0.138. The minimum atomic E-state index is -1.10. The molecule has 0 aromatic carbocycles. The molecular formula is C11H16O5. The Balaban J connectivity index is 4.05. The predicted octanol–water partition coefficient (Wildman–Crippen LogP) is 0.889. The second kappa shape index (κ2) is 7.64. The van der Waals surface area contributed by atoms with Crippen molar-refractivity contribution in [2.24, 2.45) is 0 Å². The lowest BCUT2D eigenvalue weighted by Gasteiger charge is -2.03. The van der Waals surface area contributed by atoms with Gasteiger partial charge in [-0.15, -0.1) is 0 Å². The number of aliphatic hydroxyl groups excluding tert-OH is 1. The van der Waals surface area contributed by atoms with E-state index in [2.05, 4.69) is 6.58 Å². The van der Waals surface area contributed by atoms with E-state index >= 15 is 0 Å². The van der Waals surface area contributed by atoms with Crippen molar-refractivity contribution in [3.05, 3.63) is 23.8 Å². The molecule has 0 rings (SSSR count). The number of rotatable bonds is 7. The van der Waals surface area contributed by atoms with Crippen LogP contribution >= 0.6 is 0 Å². The number of carboxylic acid groups (broad SMARTS) is 1. The molecule has 5 heteroatoms. The van der Waals surface area contributed by atoms with Crippen molar-refractivity contribution < 1.29 is 24.5 Å². The summed E-state index contributed by atoms with van der Waals surface area (Å²) >= 11 is 0. The summed E-state index contributed by atoms with van der Waals surface area (Å²) in [6.45, 7) is 5.02. The molecule has 0 aromatic rings. The van der Waals surface area contributed by atoms with Gasteiger partial charge in [0.2, 0.25) is 0 Å². The number of aliphatic carboxylic acids is 1. The third-order valence-electron chi connectivity index (χ3n) is 1.78. The van der Waals surface area contributed by atoms with Crippen LogP contribution in [0.25, 0.3) is 0 Å². The average Bonchev–Trinajstić information content (AvgIpc) is 2.23. The number of carbonyl (C=O) groups is 2. The molecule has 0 bridgehead atoms. The van der Waals surface area contributed by atoms with E-state index in [1.165, 1.54) is 6.92 Å². The quantitative estimate of drug-likeness (QED) is 0.292. The maximum absolute atomic E-state index is 11.2. The highest BCUT2D eigenvalue weighted by atomic mass is 16.5. The smallest absolute Gasteiger partial charge is 0.337 e. The normalized spacial score (nSPS) is 11.0. The van der Waals surface area contributed by atoms with Gasteiger partial charge >= 0.3 is 11.9 Å². The average molecular weight is 228 g/mol. The van der Waals surface area contributed by atoms with E-state index in [0.717, 1.165) is 6.08 Å². The number of unbranched alkanes of at least 4 members (excludes halogenated alkanes) is 1. The number of carbonyl (C=O) groups excluding carboxylic acids is 1. The van der Waals surface area contributed by atoms with Gasteiger partial charge in [0.05, 0.1) is 12.2 Å². The zero-order chi connectivity index (χ0) is 12.6. The Morgan fingerprint density at radius 1 is 1.38 bits per heavy atom. The Morgan fingerprint density at radius 2 is 2.00 bits per heavy atom. The number of hydrogen-bond acceptors (Lipinski definition) is 4. The summed E-state index contributed by atoms with van der Waals surface area (Å²) in [7, 11) is 0. The van der Waals surface area contributed by atoms with Gasteiger partial charge in [-0.2, -0.15) is 0 Å². The molecule has 0 saturated carbocycles. The highest BCUT2D eigenvalue weighted by Crippen LogP contribution is 2.03. The molecule has 90 valence electrons. The van der Waals surface area contributed by atoms with Crippen molar-refractivity contribution >= 4 is 11.9 Å².